The Morgan fingerprint density at radius 1 is 1.12 bits per heavy atom. The SMILES string of the molecule is CC(C(=O)[O-])C(=O)[O-].[Ca+2].c1ccc2c(c1)C2. The van der Waals surface area contributed by atoms with Gasteiger partial charge in [0, 0.05) is 17.9 Å². The van der Waals surface area contributed by atoms with Crippen LogP contribution in [0.5, 0.6) is 0 Å². The molecule has 1 aliphatic rings. The number of hydrogen-bond acceptors (Lipinski definition) is 4. The second-order valence-corrected chi connectivity index (χ2v) is 3.31. The monoisotopic (exact) mass is 246 g/mol. The normalized spacial score (nSPS) is 10.4. The quantitative estimate of drug-likeness (QED) is 0.469. The molecule has 0 unspecified atom stereocenters. The Kier molecular flexibility index (Phi) is 6.64. The van der Waals surface area contributed by atoms with Crippen LogP contribution in [0, 0.1) is 5.92 Å². The van der Waals surface area contributed by atoms with Crippen LogP contribution in [0.3, 0.4) is 0 Å². The Bertz CT molecular complexity index is 354. The van der Waals surface area contributed by atoms with Gasteiger partial charge in [0.2, 0.25) is 0 Å². The van der Waals surface area contributed by atoms with Gasteiger partial charge in [-0.05, 0) is 17.5 Å². The van der Waals surface area contributed by atoms with E-state index in [-0.39, 0.29) is 37.7 Å². The Morgan fingerprint density at radius 2 is 1.50 bits per heavy atom. The molecule has 4 nitrogen and oxygen atoms in total. The molecular formula is C11H10CaO4. The fraction of sp³-hybridized carbons (Fsp3) is 0.273. The average molecular weight is 246 g/mol. The summed E-state index contributed by atoms with van der Waals surface area (Å²) < 4.78 is 0. The van der Waals surface area contributed by atoms with Crippen LogP contribution in [0.4, 0.5) is 0 Å². The molecule has 0 fully saturated rings. The van der Waals surface area contributed by atoms with Crippen molar-refractivity contribution in [3.63, 3.8) is 0 Å². The van der Waals surface area contributed by atoms with Crippen molar-refractivity contribution in [3.8, 4) is 0 Å². The number of aliphatic carboxylic acids is 2. The van der Waals surface area contributed by atoms with E-state index in [1.807, 2.05) is 0 Å². The van der Waals surface area contributed by atoms with E-state index in [9.17, 15) is 19.8 Å². The molecule has 0 aromatic heterocycles. The molecule has 0 radical (unpaired) electrons. The van der Waals surface area contributed by atoms with E-state index in [1.165, 1.54) is 17.5 Å². The summed E-state index contributed by atoms with van der Waals surface area (Å²) in [5.41, 5.74) is 3.06. The van der Waals surface area contributed by atoms with Gasteiger partial charge in [-0.1, -0.05) is 31.2 Å². The first-order valence-corrected chi connectivity index (χ1v) is 4.51. The third-order valence-corrected chi connectivity index (χ3v) is 2.08. The van der Waals surface area contributed by atoms with Crippen molar-refractivity contribution >= 4 is 49.7 Å². The summed E-state index contributed by atoms with van der Waals surface area (Å²) in [5.74, 6) is -4.76. The molecule has 1 aliphatic carbocycles. The molecule has 0 saturated carbocycles. The Labute approximate surface area is 123 Å². The third kappa shape index (κ3) is 4.96. The van der Waals surface area contributed by atoms with Crippen LogP contribution in [0.15, 0.2) is 24.3 Å². The first-order valence-electron chi connectivity index (χ1n) is 4.51. The van der Waals surface area contributed by atoms with Crippen molar-refractivity contribution in [1.82, 2.24) is 0 Å². The van der Waals surface area contributed by atoms with Crippen LogP contribution in [0.25, 0.3) is 0 Å². The number of hydrogen-bond donors (Lipinski definition) is 0. The molecule has 0 heterocycles. The minimum atomic E-state index is -1.62. The predicted octanol–water partition coefficient (Wildman–Crippen LogP) is -1.67. The summed E-state index contributed by atoms with van der Waals surface area (Å²) in [5, 5.41) is 19.2. The van der Waals surface area contributed by atoms with Gasteiger partial charge >= 0.3 is 37.7 Å². The smallest absolute Gasteiger partial charge is 0.549 e. The van der Waals surface area contributed by atoms with Crippen molar-refractivity contribution in [2.75, 3.05) is 0 Å². The van der Waals surface area contributed by atoms with Crippen LogP contribution < -0.4 is 10.2 Å². The maximum absolute atomic E-state index is 9.61. The first kappa shape index (κ1) is 15.4. The molecular weight excluding hydrogens is 236 g/mol. The second-order valence-electron chi connectivity index (χ2n) is 3.31. The zero-order valence-corrected chi connectivity index (χ0v) is 11.1. The van der Waals surface area contributed by atoms with E-state index in [1.54, 1.807) is 0 Å². The predicted molar refractivity (Wildman–Crippen MR) is 54.2 cm³/mol. The molecule has 0 amide bonds. The number of carbonyl (C=O) groups excluding carboxylic acids is 2. The van der Waals surface area contributed by atoms with Crippen molar-refractivity contribution in [2.24, 2.45) is 5.92 Å². The van der Waals surface area contributed by atoms with Crippen molar-refractivity contribution < 1.29 is 19.8 Å². The van der Waals surface area contributed by atoms with E-state index in [0.717, 1.165) is 6.92 Å². The molecule has 1 aromatic rings. The number of carboxylic acids is 2. The molecule has 16 heavy (non-hydrogen) atoms. The van der Waals surface area contributed by atoms with Gasteiger partial charge in [0.25, 0.3) is 0 Å². The second kappa shape index (κ2) is 6.89. The van der Waals surface area contributed by atoms with Gasteiger partial charge < -0.3 is 19.8 Å². The molecule has 5 heteroatoms. The molecule has 0 atom stereocenters. The van der Waals surface area contributed by atoms with Gasteiger partial charge in [-0.25, -0.2) is 0 Å². The molecule has 0 saturated heterocycles. The molecule has 2 rings (SSSR count). The van der Waals surface area contributed by atoms with Gasteiger partial charge in [-0.2, -0.15) is 0 Å². The Morgan fingerprint density at radius 3 is 1.69 bits per heavy atom. The van der Waals surface area contributed by atoms with E-state index >= 15 is 0 Å². The zero-order valence-electron chi connectivity index (χ0n) is 8.93. The van der Waals surface area contributed by atoms with E-state index in [2.05, 4.69) is 24.3 Å². The molecule has 0 aliphatic heterocycles. The summed E-state index contributed by atoms with van der Waals surface area (Å²) in [4.78, 5) is 19.2. The molecule has 0 bridgehead atoms. The fourth-order valence-electron chi connectivity index (χ4n) is 0.933. The summed E-state index contributed by atoms with van der Waals surface area (Å²) in [6.07, 6.45) is 1.24. The van der Waals surface area contributed by atoms with Crippen molar-refractivity contribution in [2.45, 2.75) is 13.3 Å². The number of carbonyl (C=O) groups is 2. The van der Waals surface area contributed by atoms with Gasteiger partial charge in [-0.15, -0.1) is 0 Å². The average Bonchev–Trinajstić information content (AvgIpc) is 2.95. The Hall–Kier alpha value is -0.580. The van der Waals surface area contributed by atoms with Gasteiger partial charge in [-0.3, -0.25) is 0 Å². The fourth-order valence-corrected chi connectivity index (χ4v) is 0.933. The van der Waals surface area contributed by atoms with Gasteiger partial charge in [0.15, 0.2) is 0 Å². The zero-order chi connectivity index (χ0) is 11.4. The summed E-state index contributed by atoms with van der Waals surface area (Å²) in [7, 11) is 0. The minimum Gasteiger partial charge on any atom is -0.549 e. The van der Waals surface area contributed by atoms with Crippen molar-refractivity contribution in [3.05, 3.63) is 35.4 Å². The van der Waals surface area contributed by atoms with Crippen LogP contribution >= 0.6 is 0 Å². The van der Waals surface area contributed by atoms with E-state index in [0.29, 0.717) is 0 Å². The topological polar surface area (TPSA) is 80.3 Å². The Balaban J connectivity index is 0.000000265. The maximum atomic E-state index is 9.61. The van der Waals surface area contributed by atoms with E-state index in [4.69, 9.17) is 0 Å². The molecule has 1 aromatic carbocycles. The molecule has 0 spiro atoms. The number of rotatable bonds is 2. The third-order valence-electron chi connectivity index (χ3n) is 2.08. The molecule has 0 N–H and O–H groups in total. The summed E-state index contributed by atoms with van der Waals surface area (Å²) >= 11 is 0. The van der Waals surface area contributed by atoms with Crippen molar-refractivity contribution in [1.29, 1.82) is 0 Å². The molecule has 80 valence electrons. The van der Waals surface area contributed by atoms with Crippen LogP contribution in [-0.2, 0) is 16.0 Å². The number of benzene rings is 1. The number of fused-ring (bicyclic) bond motifs is 1. The van der Waals surface area contributed by atoms with Gasteiger partial charge in [0.05, 0.1) is 0 Å². The van der Waals surface area contributed by atoms with Gasteiger partial charge in [0.1, 0.15) is 0 Å². The largest absolute Gasteiger partial charge is 2.00 e. The van der Waals surface area contributed by atoms with E-state index < -0.39 is 17.9 Å². The first-order chi connectivity index (χ1) is 7.02. The van der Waals surface area contributed by atoms with Crippen LogP contribution in [-0.4, -0.2) is 49.7 Å². The van der Waals surface area contributed by atoms with Crippen LogP contribution in [0.2, 0.25) is 0 Å². The van der Waals surface area contributed by atoms with Crippen LogP contribution in [0.1, 0.15) is 18.1 Å². The summed E-state index contributed by atoms with van der Waals surface area (Å²) in [6.45, 7) is 0.991. The number of carboxylic acid groups (broad SMARTS) is 2. The summed E-state index contributed by atoms with van der Waals surface area (Å²) in [6, 6.07) is 8.53. The minimum absolute atomic E-state index is 0. The maximum Gasteiger partial charge on any atom is 2.00 e. The standard InChI is InChI=1S/C7H6.C4H6O4.Ca/c1-2-4-7-5-6(7)3-1;1-2(3(5)6)4(7)8;/h1-4H,5H2;2H,1H3,(H,5,6)(H,7,8);/q;;+2/p-2.